The second-order valence-electron chi connectivity index (χ2n) is 8.70. The quantitative estimate of drug-likeness (QED) is 0.659. The Kier molecular flexibility index (Phi) is 7.82. The van der Waals surface area contributed by atoms with E-state index in [1.807, 2.05) is 27.7 Å². The van der Waals surface area contributed by atoms with Crippen molar-refractivity contribution in [1.82, 2.24) is 10.2 Å². The zero-order valence-electron chi connectivity index (χ0n) is 18.3. The Morgan fingerprint density at radius 2 is 1.86 bits per heavy atom. The van der Waals surface area contributed by atoms with Gasteiger partial charge in [0.1, 0.15) is 5.00 Å². The molecule has 0 spiro atoms. The third kappa shape index (κ3) is 6.54. The molecule has 1 aromatic heterocycles. The molecule has 2 N–H and O–H groups in total. The van der Waals surface area contributed by atoms with Gasteiger partial charge < -0.3 is 15.4 Å². The SMILES string of the molecule is CCN(CC(=O)Nc1sc2c(c1C(=O)OC)CC[C@H](C)C2)CC(=O)NC(C)(C)C. The van der Waals surface area contributed by atoms with Crippen molar-refractivity contribution in [3.05, 3.63) is 16.0 Å². The van der Waals surface area contributed by atoms with E-state index in [-0.39, 0.29) is 30.4 Å². The van der Waals surface area contributed by atoms with Gasteiger partial charge in [0.15, 0.2) is 0 Å². The molecule has 0 aliphatic heterocycles. The summed E-state index contributed by atoms with van der Waals surface area (Å²) < 4.78 is 4.96. The average Bonchev–Trinajstić information content (AvgIpc) is 2.95. The second kappa shape index (κ2) is 9.71. The third-order valence-electron chi connectivity index (χ3n) is 4.85. The van der Waals surface area contributed by atoms with Crippen LogP contribution in [-0.2, 0) is 27.2 Å². The highest BCUT2D eigenvalue weighted by molar-refractivity contribution is 7.17. The fourth-order valence-corrected chi connectivity index (χ4v) is 4.88. The van der Waals surface area contributed by atoms with E-state index >= 15 is 0 Å². The minimum absolute atomic E-state index is 0.0770. The van der Waals surface area contributed by atoms with Crippen LogP contribution in [0.2, 0.25) is 0 Å². The van der Waals surface area contributed by atoms with Crippen molar-refractivity contribution < 1.29 is 19.1 Å². The van der Waals surface area contributed by atoms with Gasteiger partial charge in [-0.3, -0.25) is 14.5 Å². The molecule has 7 nitrogen and oxygen atoms in total. The monoisotopic (exact) mass is 423 g/mol. The summed E-state index contributed by atoms with van der Waals surface area (Å²) in [6.45, 7) is 10.6. The van der Waals surface area contributed by atoms with Crippen LogP contribution in [0.4, 0.5) is 5.00 Å². The van der Waals surface area contributed by atoms with Crippen molar-refractivity contribution in [2.45, 2.75) is 59.4 Å². The lowest BCUT2D eigenvalue weighted by atomic mass is 9.88. The van der Waals surface area contributed by atoms with Gasteiger partial charge in [-0.1, -0.05) is 13.8 Å². The number of amides is 2. The molecule has 0 bridgehead atoms. The molecule has 1 atom stereocenters. The van der Waals surface area contributed by atoms with Crippen molar-refractivity contribution in [3.63, 3.8) is 0 Å². The zero-order valence-corrected chi connectivity index (χ0v) is 19.1. The van der Waals surface area contributed by atoms with E-state index in [0.29, 0.717) is 23.0 Å². The van der Waals surface area contributed by atoms with Gasteiger partial charge >= 0.3 is 5.97 Å². The number of anilines is 1. The lowest BCUT2D eigenvalue weighted by molar-refractivity contribution is -0.124. The number of nitrogens with one attached hydrogen (secondary N) is 2. The molecule has 162 valence electrons. The van der Waals surface area contributed by atoms with Crippen LogP contribution in [0.1, 0.15) is 61.8 Å². The van der Waals surface area contributed by atoms with E-state index in [9.17, 15) is 14.4 Å². The van der Waals surface area contributed by atoms with Gasteiger partial charge in [0, 0.05) is 10.4 Å². The van der Waals surface area contributed by atoms with Gasteiger partial charge in [0.2, 0.25) is 11.8 Å². The fraction of sp³-hybridized carbons (Fsp3) is 0.667. The minimum Gasteiger partial charge on any atom is -0.465 e. The summed E-state index contributed by atoms with van der Waals surface area (Å²) in [5, 5.41) is 6.35. The lowest BCUT2D eigenvalue weighted by Crippen LogP contribution is -2.47. The Balaban J connectivity index is 2.09. The molecule has 2 amide bonds. The number of thiophene rings is 1. The summed E-state index contributed by atoms with van der Waals surface area (Å²) in [7, 11) is 1.36. The Morgan fingerprint density at radius 1 is 1.21 bits per heavy atom. The predicted octanol–water partition coefficient (Wildman–Crippen LogP) is 2.83. The fourth-order valence-electron chi connectivity index (χ4n) is 3.47. The predicted molar refractivity (Wildman–Crippen MR) is 115 cm³/mol. The molecule has 1 aromatic rings. The summed E-state index contributed by atoms with van der Waals surface area (Å²) in [5.41, 5.74) is 1.18. The highest BCUT2D eigenvalue weighted by Gasteiger charge is 2.29. The summed E-state index contributed by atoms with van der Waals surface area (Å²) in [5.74, 6) is -0.216. The molecule has 1 aliphatic rings. The number of rotatable bonds is 7. The first-order valence-corrected chi connectivity index (χ1v) is 10.9. The van der Waals surface area contributed by atoms with Crippen molar-refractivity contribution in [2.24, 2.45) is 5.92 Å². The number of carbonyl (C=O) groups is 3. The van der Waals surface area contributed by atoms with Gasteiger partial charge in [-0.2, -0.15) is 0 Å². The van der Waals surface area contributed by atoms with E-state index in [4.69, 9.17) is 4.74 Å². The summed E-state index contributed by atoms with van der Waals surface area (Å²) in [4.78, 5) is 40.1. The van der Waals surface area contributed by atoms with Gasteiger partial charge in [-0.25, -0.2) is 4.79 Å². The van der Waals surface area contributed by atoms with Crippen LogP contribution in [0.5, 0.6) is 0 Å². The van der Waals surface area contributed by atoms with Crippen molar-refractivity contribution in [2.75, 3.05) is 32.1 Å². The maximum absolute atomic E-state index is 12.7. The molecule has 0 unspecified atom stereocenters. The van der Waals surface area contributed by atoms with Crippen LogP contribution in [-0.4, -0.2) is 55.0 Å². The Morgan fingerprint density at radius 3 is 2.45 bits per heavy atom. The number of esters is 1. The Bertz CT molecular complexity index is 767. The molecule has 1 aliphatic carbocycles. The second-order valence-corrected chi connectivity index (χ2v) is 9.80. The molecule has 0 saturated carbocycles. The van der Waals surface area contributed by atoms with E-state index in [0.717, 1.165) is 29.7 Å². The maximum Gasteiger partial charge on any atom is 0.341 e. The molecular formula is C21H33N3O4S. The van der Waals surface area contributed by atoms with Gasteiger partial charge in [-0.15, -0.1) is 11.3 Å². The minimum atomic E-state index is -0.413. The first-order valence-electron chi connectivity index (χ1n) is 10.1. The molecular weight excluding hydrogens is 390 g/mol. The first kappa shape index (κ1) is 23.3. The summed E-state index contributed by atoms with van der Waals surface area (Å²) >= 11 is 1.46. The molecule has 0 fully saturated rings. The average molecular weight is 424 g/mol. The van der Waals surface area contributed by atoms with Gasteiger partial charge in [-0.05, 0) is 58.1 Å². The third-order valence-corrected chi connectivity index (χ3v) is 6.02. The van der Waals surface area contributed by atoms with Crippen molar-refractivity contribution in [3.8, 4) is 0 Å². The van der Waals surface area contributed by atoms with Crippen LogP contribution < -0.4 is 10.6 Å². The largest absolute Gasteiger partial charge is 0.465 e. The number of ether oxygens (including phenoxy) is 1. The number of hydrogen-bond acceptors (Lipinski definition) is 6. The number of carbonyl (C=O) groups excluding carboxylic acids is 3. The van der Waals surface area contributed by atoms with Crippen molar-refractivity contribution in [1.29, 1.82) is 0 Å². The van der Waals surface area contributed by atoms with Crippen LogP contribution in [0.25, 0.3) is 0 Å². The smallest absolute Gasteiger partial charge is 0.341 e. The normalized spacial score (nSPS) is 16.3. The van der Waals surface area contributed by atoms with Crippen molar-refractivity contribution >= 4 is 34.1 Å². The van der Waals surface area contributed by atoms with E-state index in [1.54, 1.807) is 4.90 Å². The highest BCUT2D eigenvalue weighted by Crippen LogP contribution is 2.40. The number of methoxy groups -OCH3 is 1. The maximum atomic E-state index is 12.7. The molecule has 0 radical (unpaired) electrons. The van der Waals surface area contributed by atoms with E-state index in [1.165, 1.54) is 18.4 Å². The molecule has 2 rings (SSSR count). The van der Waals surface area contributed by atoms with Crippen LogP contribution in [0.15, 0.2) is 0 Å². The number of nitrogens with zero attached hydrogens (tertiary/aromatic N) is 1. The molecule has 8 heteroatoms. The Labute approximate surface area is 177 Å². The van der Waals surface area contributed by atoms with E-state index in [2.05, 4.69) is 17.6 Å². The lowest BCUT2D eigenvalue weighted by Gasteiger charge is -2.24. The molecule has 0 saturated heterocycles. The van der Waals surface area contributed by atoms with Gasteiger partial charge in [0.25, 0.3) is 0 Å². The van der Waals surface area contributed by atoms with Crippen LogP contribution >= 0.6 is 11.3 Å². The van der Waals surface area contributed by atoms with Crippen LogP contribution in [0.3, 0.4) is 0 Å². The summed E-state index contributed by atoms with van der Waals surface area (Å²) in [6, 6.07) is 0. The summed E-state index contributed by atoms with van der Waals surface area (Å²) in [6.07, 6.45) is 2.75. The number of hydrogen-bond donors (Lipinski definition) is 2. The number of likely N-dealkylation sites (N-methyl/N-ethyl adjacent to an activating group) is 1. The highest BCUT2D eigenvalue weighted by atomic mass is 32.1. The topological polar surface area (TPSA) is 87.7 Å². The molecule has 1 heterocycles. The molecule has 29 heavy (non-hydrogen) atoms. The standard InChI is InChI=1S/C21H33N3O4S/c1-7-24(12-17(26)23-21(3,4)5)11-16(25)22-19-18(20(27)28-6)14-9-8-13(2)10-15(14)29-19/h13H,7-12H2,1-6H3,(H,22,25)(H,23,26)/t13-/m0/s1. The van der Waals surface area contributed by atoms with Gasteiger partial charge in [0.05, 0.1) is 25.8 Å². The van der Waals surface area contributed by atoms with E-state index < -0.39 is 5.97 Å². The first-order chi connectivity index (χ1) is 13.5. The zero-order chi connectivity index (χ0) is 21.8. The molecule has 0 aromatic carbocycles. The van der Waals surface area contributed by atoms with Crippen LogP contribution in [0, 0.1) is 5.92 Å². The Hall–Kier alpha value is -1.93. The number of fused-ring (bicyclic) bond motifs is 1.